The summed E-state index contributed by atoms with van der Waals surface area (Å²) < 4.78 is 0. The SMILES string of the molecule is CC1(C)CCN(c2ccccc2C#N)CC1CCO. The maximum absolute atomic E-state index is 9.24. The van der Waals surface area contributed by atoms with E-state index in [9.17, 15) is 10.4 Å². The monoisotopic (exact) mass is 258 g/mol. The Labute approximate surface area is 115 Å². The van der Waals surface area contributed by atoms with E-state index in [1.54, 1.807) is 0 Å². The second-order valence-corrected chi connectivity index (χ2v) is 6.02. The number of aliphatic hydroxyl groups excluding tert-OH is 1. The molecule has 1 aliphatic rings. The van der Waals surface area contributed by atoms with E-state index in [-0.39, 0.29) is 12.0 Å². The van der Waals surface area contributed by atoms with Crippen LogP contribution >= 0.6 is 0 Å². The fourth-order valence-corrected chi connectivity index (χ4v) is 2.93. The molecule has 3 nitrogen and oxygen atoms in total. The molecule has 0 radical (unpaired) electrons. The number of piperidine rings is 1. The fourth-order valence-electron chi connectivity index (χ4n) is 2.93. The summed E-state index contributed by atoms with van der Waals surface area (Å²) in [7, 11) is 0. The van der Waals surface area contributed by atoms with Crippen LogP contribution in [-0.4, -0.2) is 24.8 Å². The highest BCUT2D eigenvalue weighted by atomic mass is 16.3. The number of benzene rings is 1. The summed E-state index contributed by atoms with van der Waals surface area (Å²) in [6.07, 6.45) is 1.93. The molecule has 0 bridgehead atoms. The van der Waals surface area contributed by atoms with Gasteiger partial charge in [0.05, 0.1) is 11.3 Å². The number of hydrogen-bond acceptors (Lipinski definition) is 3. The van der Waals surface area contributed by atoms with Gasteiger partial charge in [-0.1, -0.05) is 26.0 Å². The highest BCUT2D eigenvalue weighted by Gasteiger charge is 2.35. The van der Waals surface area contributed by atoms with Crippen molar-refractivity contribution in [3.05, 3.63) is 29.8 Å². The Morgan fingerprint density at radius 3 is 2.84 bits per heavy atom. The number of aliphatic hydroxyl groups is 1. The van der Waals surface area contributed by atoms with Gasteiger partial charge in [0.25, 0.3) is 0 Å². The molecule has 19 heavy (non-hydrogen) atoms. The molecular formula is C16H22N2O. The lowest BCUT2D eigenvalue weighted by molar-refractivity contribution is 0.132. The predicted molar refractivity (Wildman–Crippen MR) is 77.0 cm³/mol. The zero-order chi connectivity index (χ0) is 13.9. The van der Waals surface area contributed by atoms with E-state index in [0.29, 0.717) is 5.92 Å². The molecule has 1 saturated heterocycles. The van der Waals surface area contributed by atoms with Gasteiger partial charge in [-0.05, 0) is 36.3 Å². The van der Waals surface area contributed by atoms with Gasteiger partial charge in [0.2, 0.25) is 0 Å². The van der Waals surface area contributed by atoms with Gasteiger partial charge >= 0.3 is 0 Å². The van der Waals surface area contributed by atoms with E-state index in [1.165, 1.54) is 0 Å². The maximum Gasteiger partial charge on any atom is 0.101 e. The van der Waals surface area contributed by atoms with Gasteiger partial charge in [0.1, 0.15) is 6.07 Å². The summed E-state index contributed by atoms with van der Waals surface area (Å²) in [5.41, 5.74) is 2.04. The number of hydrogen-bond donors (Lipinski definition) is 1. The largest absolute Gasteiger partial charge is 0.396 e. The highest BCUT2D eigenvalue weighted by Crippen LogP contribution is 2.39. The molecule has 0 aromatic heterocycles. The average Bonchev–Trinajstić information content (AvgIpc) is 2.41. The lowest BCUT2D eigenvalue weighted by Gasteiger charge is -2.45. The topological polar surface area (TPSA) is 47.3 Å². The average molecular weight is 258 g/mol. The van der Waals surface area contributed by atoms with Crippen LogP contribution in [-0.2, 0) is 0 Å². The fraction of sp³-hybridized carbons (Fsp3) is 0.562. The van der Waals surface area contributed by atoms with E-state index in [4.69, 9.17) is 0 Å². The lowest BCUT2D eigenvalue weighted by atomic mass is 9.72. The third kappa shape index (κ3) is 2.90. The highest BCUT2D eigenvalue weighted by molar-refractivity contribution is 5.59. The van der Waals surface area contributed by atoms with Crippen LogP contribution in [0.15, 0.2) is 24.3 Å². The molecule has 1 unspecified atom stereocenters. The van der Waals surface area contributed by atoms with Crippen LogP contribution in [0.2, 0.25) is 0 Å². The standard InChI is InChI=1S/C16H22N2O/c1-16(2)8-9-18(12-14(16)7-10-19)15-6-4-3-5-13(15)11-17/h3-6,14,19H,7-10,12H2,1-2H3. The van der Waals surface area contributed by atoms with Crippen LogP contribution < -0.4 is 4.90 Å². The molecule has 0 spiro atoms. The molecule has 1 atom stereocenters. The second kappa shape index (κ2) is 5.63. The molecule has 1 heterocycles. The van der Waals surface area contributed by atoms with Gasteiger partial charge in [0.15, 0.2) is 0 Å². The number of nitrogens with zero attached hydrogens (tertiary/aromatic N) is 2. The summed E-state index contributed by atoms with van der Waals surface area (Å²) in [5.74, 6) is 0.470. The first-order chi connectivity index (χ1) is 9.08. The van der Waals surface area contributed by atoms with E-state index < -0.39 is 0 Å². The quantitative estimate of drug-likeness (QED) is 0.907. The molecular weight excluding hydrogens is 236 g/mol. The summed E-state index contributed by atoms with van der Waals surface area (Å²) in [4.78, 5) is 2.30. The van der Waals surface area contributed by atoms with E-state index >= 15 is 0 Å². The van der Waals surface area contributed by atoms with E-state index in [2.05, 4.69) is 24.8 Å². The Bertz CT molecular complexity index is 476. The van der Waals surface area contributed by atoms with Crippen molar-refractivity contribution in [2.24, 2.45) is 11.3 Å². The predicted octanol–water partition coefficient (Wildman–Crippen LogP) is 2.79. The minimum atomic E-state index is 0.238. The molecule has 1 N–H and O–H groups in total. The van der Waals surface area contributed by atoms with Crippen molar-refractivity contribution in [1.29, 1.82) is 5.26 Å². The van der Waals surface area contributed by atoms with Gasteiger partial charge in [-0.15, -0.1) is 0 Å². The molecule has 1 aromatic carbocycles. The number of para-hydroxylation sites is 1. The zero-order valence-corrected chi connectivity index (χ0v) is 11.8. The maximum atomic E-state index is 9.24. The van der Waals surface area contributed by atoms with E-state index in [1.807, 2.05) is 24.3 Å². The molecule has 1 aromatic rings. The van der Waals surface area contributed by atoms with Crippen LogP contribution in [0.4, 0.5) is 5.69 Å². The molecule has 0 amide bonds. The lowest BCUT2D eigenvalue weighted by Crippen LogP contribution is -2.45. The Kier molecular flexibility index (Phi) is 4.11. The number of anilines is 1. The third-order valence-corrected chi connectivity index (χ3v) is 4.41. The third-order valence-electron chi connectivity index (χ3n) is 4.41. The second-order valence-electron chi connectivity index (χ2n) is 6.02. The van der Waals surface area contributed by atoms with Crippen molar-refractivity contribution in [2.75, 3.05) is 24.6 Å². The van der Waals surface area contributed by atoms with Crippen molar-refractivity contribution in [2.45, 2.75) is 26.7 Å². The molecule has 2 rings (SSSR count). The normalized spacial score (nSPS) is 22.0. The smallest absolute Gasteiger partial charge is 0.101 e. The van der Waals surface area contributed by atoms with Gasteiger partial charge < -0.3 is 10.0 Å². The molecule has 1 aliphatic heterocycles. The molecule has 3 heteroatoms. The Morgan fingerprint density at radius 1 is 1.42 bits per heavy atom. The van der Waals surface area contributed by atoms with Gasteiger partial charge in [0, 0.05) is 19.7 Å². The van der Waals surface area contributed by atoms with Crippen LogP contribution in [0.3, 0.4) is 0 Å². The minimum Gasteiger partial charge on any atom is -0.396 e. The van der Waals surface area contributed by atoms with Gasteiger partial charge in [-0.25, -0.2) is 0 Å². The first-order valence-electron chi connectivity index (χ1n) is 6.93. The number of rotatable bonds is 3. The first kappa shape index (κ1) is 13.9. The van der Waals surface area contributed by atoms with Crippen LogP contribution in [0, 0.1) is 22.7 Å². The van der Waals surface area contributed by atoms with Crippen molar-refractivity contribution in [3.8, 4) is 6.07 Å². The zero-order valence-electron chi connectivity index (χ0n) is 11.8. The number of nitriles is 1. The summed E-state index contributed by atoms with van der Waals surface area (Å²) in [6.45, 7) is 6.70. The van der Waals surface area contributed by atoms with Crippen LogP contribution in [0.5, 0.6) is 0 Å². The summed E-state index contributed by atoms with van der Waals surface area (Å²) in [5, 5.41) is 18.4. The molecule has 0 saturated carbocycles. The van der Waals surface area contributed by atoms with Crippen LogP contribution in [0.25, 0.3) is 0 Å². The summed E-state index contributed by atoms with van der Waals surface area (Å²) in [6, 6.07) is 10.0. The Hall–Kier alpha value is -1.53. The Balaban J connectivity index is 2.21. The summed E-state index contributed by atoms with van der Waals surface area (Å²) >= 11 is 0. The molecule has 102 valence electrons. The van der Waals surface area contributed by atoms with Gasteiger partial charge in [-0.2, -0.15) is 5.26 Å². The van der Waals surface area contributed by atoms with Crippen molar-refractivity contribution in [1.82, 2.24) is 0 Å². The molecule has 1 fully saturated rings. The van der Waals surface area contributed by atoms with Gasteiger partial charge in [-0.3, -0.25) is 0 Å². The minimum absolute atomic E-state index is 0.238. The van der Waals surface area contributed by atoms with Crippen molar-refractivity contribution < 1.29 is 5.11 Å². The Morgan fingerprint density at radius 2 is 2.16 bits per heavy atom. The first-order valence-corrected chi connectivity index (χ1v) is 6.93. The van der Waals surface area contributed by atoms with Crippen molar-refractivity contribution in [3.63, 3.8) is 0 Å². The van der Waals surface area contributed by atoms with Crippen LogP contribution in [0.1, 0.15) is 32.3 Å². The van der Waals surface area contributed by atoms with Crippen molar-refractivity contribution >= 4 is 5.69 Å². The molecule has 0 aliphatic carbocycles. The van der Waals surface area contributed by atoms with E-state index in [0.717, 1.165) is 37.2 Å².